The third-order valence-corrected chi connectivity index (χ3v) is 7.15. The number of imide groups is 1. The number of rotatable bonds is 8. The molecule has 0 unspecified atom stereocenters. The molecule has 0 spiro atoms. The van der Waals surface area contributed by atoms with E-state index in [0.29, 0.717) is 10.6 Å². The molecular weight excluding hydrogens is 570 g/mol. The molecule has 0 aliphatic carbocycles. The SMILES string of the molecule is COC(=O)c1ccc(NC(=O)COC(=O)[C@@H](CC(C)C)N2C(=O)c3c(Cl)c(Cl)c(Cl)c(Cl)c3C2=O)cc1. The van der Waals surface area contributed by atoms with Gasteiger partial charge in [0.15, 0.2) is 6.61 Å². The van der Waals surface area contributed by atoms with Gasteiger partial charge in [-0.25, -0.2) is 9.59 Å². The van der Waals surface area contributed by atoms with Gasteiger partial charge in [-0.05, 0) is 36.6 Å². The van der Waals surface area contributed by atoms with Crippen LogP contribution in [0.2, 0.25) is 20.1 Å². The minimum Gasteiger partial charge on any atom is -0.465 e. The molecule has 2 aromatic rings. The second-order valence-corrected chi connectivity index (χ2v) is 9.87. The van der Waals surface area contributed by atoms with Gasteiger partial charge in [-0.2, -0.15) is 0 Å². The van der Waals surface area contributed by atoms with E-state index in [2.05, 4.69) is 10.1 Å². The van der Waals surface area contributed by atoms with E-state index in [-0.39, 0.29) is 49.1 Å². The quantitative estimate of drug-likeness (QED) is 0.192. The Morgan fingerprint density at radius 3 is 1.86 bits per heavy atom. The number of halogens is 4. The van der Waals surface area contributed by atoms with Gasteiger partial charge in [0.25, 0.3) is 17.7 Å². The topological polar surface area (TPSA) is 119 Å². The monoisotopic (exact) mass is 588 g/mol. The third kappa shape index (κ3) is 5.85. The second-order valence-electron chi connectivity index (χ2n) is 8.36. The summed E-state index contributed by atoms with van der Waals surface area (Å²) in [5, 5.41) is 1.58. The first-order valence-corrected chi connectivity index (χ1v) is 12.3. The van der Waals surface area contributed by atoms with Crippen LogP contribution >= 0.6 is 46.4 Å². The summed E-state index contributed by atoms with van der Waals surface area (Å²) in [6, 6.07) is 4.46. The van der Waals surface area contributed by atoms with E-state index in [4.69, 9.17) is 51.1 Å². The van der Waals surface area contributed by atoms with Crippen LogP contribution in [0.5, 0.6) is 0 Å². The average molecular weight is 590 g/mol. The predicted molar refractivity (Wildman–Crippen MR) is 138 cm³/mol. The van der Waals surface area contributed by atoms with Crippen LogP contribution < -0.4 is 5.32 Å². The molecule has 3 rings (SSSR count). The Hall–Kier alpha value is -2.85. The Morgan fingerprint density at radius 2 is 1.41 bits per heavy atom. The van der Waals surface area contributed by atoms with Crippen molar-refractivity contribution in [2.45, 2.75) is 26.3 Å². The minimum absolute atomic E-state index is 0.0393. The Bertz CT molecular complexity index is 1250. The van der Waals surface area contributed by atoms with Gasteiger partial charge < -0.3 is 14.8 Å². The summed E-state index contributed by atoms with van der Waals surface area (Å²) in [5.74, 6) is -4.13. The van der Waals surface area contributed by atoms with Crippen molar-refractivity contribution >= 4 is 81.8 Å². The molecule has 1 heterocycles. The van der Waals surface area contributed by atoms with Crippen molar-refractivity contribution in [3.8, 4) is 0 Å². The number of benzene rings is 2. The van der Waals surface area contributed by atoms with Crippen molar-refractivity contribution in [3.63, 3.8) is 0 Å². The maximum atomic E-state index is 13.2. The summed E-state index contributed by atoms with van der Waals surface area (Å²) in [4.78, 5) is 63.9. The van der Waals surface area contributed by atoms with E-state index in [9.17, 15) is 24.0 Å². The number of anilines is 1. The number of carbonyl (C=O) groups excluding carboxylic acids is 5. The summed E-state index contributed by atoms with van der Waals surface area (Å²) in [6.45, 7) is 2.85. The summed E-state index contributed by atoms with van der Waals surface area (Å²) in [5.41, 5.74) is 0.0968. The van der Waals surface area contributed by atoms with Gasteiger partial charge in [-0.15, -0.1) is 0 Å². The van der Waals surface area contributed by atoms with Crippen LogP contribution in [0.1, 0.15) is 51.3 Å². The third-order valence-electron chi connectivity index (χ3n) is 5.35. The number of ether oxygens (including phenoxy) is 2. The maximum Gasteiger partial charge on any atom is 0.337 e. The second kappa shape index (κ2) is 11.7. The first kappa shape index (κ1) is 28.7. The van der Waals surface area contributed by atoms with Gasteiger partial charge >= 0.3 is 11.9 Å². The van der Waals surface area contributed by atoms with Crippen molar-refractivity contribution < 1.29 is 33.4 Å². The van der Waals surface area contributed by atoms with Crippen molar-refractivity contribution in [1.82, 2.24) is 4.90 Å². The Kier molecular flexibility index (Phi) is 9.07. The maximum absolute atomic E-state index is 13.2. The van der Waals surface area contributed by atoms with Crippen LogP contribution in [0, 0.1) is 5.92 Å². The van der Waals surface area contributed by atoms with Crippen molar-refractivity contribution in [1.29, 1.82) is 0 Å². The van der Waals surface area contributed by atoms with E-state index in [1.54, 1.807) is 13.8 Å². The lowest BCUT2D eigenvalue weighted by molar-refractivity contribution is -0.151. The molecule has 1 N–H and O–H groups in total. The van der Waals surface area contributed by atoms with Crippen LogP contribution in [0.15, 0.2) is 24.3 Å². The summed E-state index contributed by atoms with van der Waals surface area (Å²) in [6.07, 6.45) is 0.0393. The van der Waals surface area contributed by atoms with Crippen LogP contribution in [-0.4, -0.2) is 54.3 Å². The lowest BCUT2D eigenvalue weighted by Crippen LogP contribution is -2.47. The van der Waals surface area contributed by atoms with Gasteiger partial charge in [0, 0.05) is 5.69 Å². The number of methoxy groups -OCH3 is 1. The van der Waals surface area contributed by atoms with Crippen molar-refractivity contribution in [2.24, 2.45) is 5.92 Å². The molecule has 1 aliphatic heterocycles. The molecule has 196 valence electrons. The highest BCUT2D eigenvalue weighted by Gasteiger charge is 2.47. The van der Waals surface area contributed by atoms with E-state index in [1.165, 1.54) is 31.4 Å². The van der Waals surface area contributed by atoms with Gasteiger partial charge in [0.05, 0.1) is 43.9 Å². The number of hydrogen-bond acceptors (Lipinski definition) is 7. The highest BCUT2D eigenvalue weighted by molar-refractivity contribution is 6.55. The number of esters is 2. The van der Waals surface area contributed by atoms with Gasteiger partial charge in [-0.3, -0.25) is 19.3 Å². The zero-order valence-electron chi connectivity index (χ0n) is 19.7. The molecule has 9 nitrogen and oxygen atoms in total. The molecule has 1 aliphatic rings. The van der Waals surface area contributed by atoms with Gasteiger partial charge in [-0.1, -0.05) is 60.3 Å². The zero-order chi connectivity index (χ0) is 27.6. The van der Waals surface area contributed by atoms with Crippen molar-refractivity contribution in [3.05, 3.63) is 61.0 Å². The molecule has 37 heavy (non-hydrogen) atoms. The fourth-order valence-corrected chi connectivity index (χ4v) is 4.65. The molecule has 3 amide bonds. The molecule has 1 atom stereocenters. The summed E-state index contributed by atoms with van der Waals surface area (Å²) in [7, 11) is 1.24. The first-order chi connectivity index (χ1) is 17.4. The molecule has 0 aromatic heterocycles. The zero-order valence-corrected chi connectivity index (χ0v) is 22.7. The first-order valence-electron chi connectivity index (χ1n) is 10.8. The van der Waals surface area contributed by atoms with Crippen LogP contribution in [0.4, 0.5) is 5.69 Å². The van der Waals surface area contributed by atoms with E-state index < -0.39 is 42.3 Å². The molecular formula is C24H20Cl4N2O7. The fraction of sp³-hybridized carbons (Fsp3) is 0.292. The Morgan fingerprint density at radius 1 is 0.892 bits per heavy atom. The summed E-state index contributed by atoms with van der Waals surface area (Å²) < 4.78 is 9.76. The molecule has 0 saturated heterocycles. The number of carbonyl (C=O) groups is 5. The standard InChI is InChI=1S/C24H20Cl4N2O7/c1-10(2)8-13(30-21(32)15-16(22(30)33)18(26)20(28)19(27)17(15)25)24(35)37-9-14(31)29-12-6-4-11(5-7-12)23(34)36-3/h4-7,10,13H,8-9H2,1-3H3,(H,29,31)/t13-/m1/s1. The van der Waals surface area contributed by atoms with Gasteiger partial charge in [0.2, 0.25) is 0 Å². The molecule has 0 fully saturated rings. The Balaban J connectivity index is 1.76. The predicted octanol–water partition coefficient (Wildman–Crippen LogP) is 5.28. The molecule has 13 heteroatoms. The molecule has 0 saturated carbocycles. The number of fused-ring (bicyclic) bond motifs is 1. The highest BCUT2D eigenvalue weighted by Crippen LogP contribution is 2.45. The molecule has 0 bridgehead atoms. The van der Waals surface area contributed by atoms with E-state index in [0.717, 1.165) is 0 Å². The normalized spacial score (nSPS) is 13.5. The minimum atomic E-state index is -1.37. The number of nitrogens with one attached hydrogen (secondary N) is 1. The number of nitrogens with zero attached hydrogens (tertiary/aromatic N) is 1. The number of amides is 3. The van der Waals surface area contributed by atoms with Crippen molar-refractivity contribution in [2.75, 3.05) is 19.0 Å². The smallest absolute Gasteiger partial charge is 0.337 e. The lowest BCUT2D eigenvalue weighted by atomic mass is 10.0. The molecule has 0 radical (unpaired) electrons. The average Bonchev–Trinajstić information content (AvgIpc) is 3.12. The molecule has 2 aromatic carbocycles. The highest BCUT2D eigenvalue weighted by atomic mass is 35.5. The lowest BCUT2D eigenvalue weighted by Gasteiger charge is -2.26. The fourth-order valence-electron chi connectivity index (χ4n) is 3.64. The van der Waals surface area contributed by atoms with Gasteiger partial charge in [0.1, 0.15) is 6.04 Å². The van der Waals surface area contributed by atoms with Crippen LogP contribution in [0.25, 0.3) is 0 Å². The van der Waals surface area contributed by atoms with E-state index in [1.807, 2.05) is 0 Å². The largest absolute Gasteiger partial charge is 0.465 e. The Labute approximate surface area is 231 Å². The number of hydrogen-bond donors (Lipinski definition) is 1. The summed E-state index contributed by atoms with van der Waals surface area (Å²) >= 11 is 24.4. The van der Waals surface area contributed by atoms with E-state index >= 15 is 0 Å². The van der Waals surface area contributed by atoms with Crippen LogP contribution in [0.3, 0.4) is 0 Å². The van der Waals surface area contributed by atoms with Crippen LogP contribution in [-0.2, 0) is 19.1 Å².